The van der Waals surface area contributed by atoms with E-state index >= 15 is 0 Å². The number of hydrogen-bond acceptors (Lipinski definition) is 6. The summed E-state index contributed by atoms with van der Waals surface area (Å²) in [5.41, 5.74) is 7.51. The van der Waals surface area contributed by atoms with Crippen LogP contribution in [0.25, 0.3) is 11.0 Å². The number of carbonyl (C=O) groups excluding carboxylic acids is 1. The predicted octanol–water partition coefficient (Wildman–Crippen LogP) is 0.502. The lowest BCUT2D eigenvalue weighted by atomic mass is 10.3. The fourth-order valence-corrected chi connectivity index (χ4v) is 2.49. The third kappa shape index (κ3) is 2.98. The van der Waals surface area contributed by atoms with Crippen molar-refractivity contribution < 1.29 is 4.79 Å². The van der Waals surface area contributed by atoms with Crippen molar-refractivity contribution >= 4 is 22.9 Å². The maximum absolute atomic E-state index is 12.0. The first-order valence-corrected chi connectivity index (χ1v) is 7.30. The molecule has 0 aliphatic rings. The SMILES string of the molecule is CC(C)n1c(CNC(=O)Cn2nnnc2N)nc2ccccc21. The number of hydrogen-bond donors (Lipinski definition) is 2. The van der Waals surface area contributed by atoms with E-state index in [0.717, 1.165) is 16.9 Å². The first kappa shape index (κ1) is 14.9. The highest BCUT2D eigenvalue weighted by molar-refractivity contribution is 5.77. The molecule has 0 unspecified atom stereocenters. The number of anilines is 1. The Morgan fingerprint density at radius 3 is 2.83 bits per heavy atom. The minimum atomic E-state index is -0.230. The van der Waals surface area contributed by atoms with Crippen LogP contribution >= 0.6 is 0 Å². The second-order valence-corrected chi connectivity index (χ2v) is 5.45. The van der Waals surface area contributed by atoms with Crippen molar-refractivity contribution in [2.24, 2.45) is 0 Å². The highest BCUT2D eigenvalue weighted by Crippen LogP contribution is 2.20. The number of carbonyl (C=O) groups is 1. The van der Waals surface area contributed by atoms with E-state index in [1.807, 2.05) is 24.3 Å². The van der Waals surface area contributed by atoms with Gasteiger partial charge in [0.1, 0.15) is 12.4 Å². The Bertz CT molecular complexity index is 834. The van der Waals surface area contributed by atoms with E-state index in [1.54, 1.807) is 0 Å². The Morgan fingerprint density at radius 1 is 1.35 bits per heavy atom. The van der Waals surface area contributed by atoms with Crippen LogP contribution in [0, 0.1) is 0 Å². The van der Waals surface area contributed by atoms with E-state index in [9.17, 15) is 4.79 Å². The summed E-state index contributed by atoms with van der Waals surface area (Å²) in [6.07, 6.45) is 0. The number of para-hydroxylation sites is 2. The van der Waals surface area contributed by atoms with Crippen LogP contribution in [0.15, 0.2) is 24.3 Å². The molecule has 0 spiro atoms. The van der Waals surface area contributed by atoms with Crippen LogP contribution in [-0.4, -0.2) is 35.7 Å². The molecular formula is C14H18N8O. The molecule has 9 heteroatoms. The number of aromatic nitrogens is 6. The van der Waals surface area contributed by atoms with Crippen molar-refractivity contribution in [1.82, 2.24) is 35.1 Å². The molecular weight excluding hydrogens is 296 g/mol. The normalized spacial score (nSPS) is 11.3. The van der Waals surface area contributed by atoms with E-state index < -0.39 is 0 Å². The zero-order valence-electron chi connectivity index (χ0n) is 13.0. The Morgan fingerprint density at radius 2 is 2.13 bits per heavy atom. The van der Waals surface area contributed by atoms with Gasteiger partial charge in [0.05, 0.1) is 17.6 Å². The topological polar surface area (TPSA) is 117 Å². The third-order valence-electron chi connectivity index (χ3n) is 3.48. The number of rotatable bonds is 5. The molecule has 0 aliphatic carbocycles. The molecule has 23 heavy (non-hydrogen) atoms. The average Bonchev–Trinajstić information content (AvgIpc) is 3.08. The Hall–Kier alpha value is -2.97. The van der Waals surface area contributed by atoms with Gasteiger partial charge in [0.15, 0.2) is 0 Å². The molecule has 2 aromatic heterocycles. The zero-order chi connectivity index (χ0) is 16.4. The molecule has 2 heterocycles. The Kier molecular flexibility index (Phi) is 3.92. The van der Waals surface area contributed by atoms with Crippen molar-refractivity contribution in [3.8, 4) is 0 Å². The number of amides is 1. The van der Waals surface area contributed by atoms with Gasteiger partial charge in [-0.3, -0.25) is 4.79 Å². The molecule has 0 fully saturated rings. The number of nitrogens with one attached hydrogen (secondary N) is 1. The number of nitrogen functional groups attached to an aromatic ring is 1. The highest BCUT2D eigenvalue weighted by Gasteiger charge is 2.14. The standard InChI is InChI=1S/C14H18N8O/c1-9(2)22-11-6-4-3-5-10(11)17-12(22)7-16-13(23)8-21-14(15)18-19-20-21/h3-6,9H,7-8H2,1-2H3,(H,16,23)(H2,15,18,20). The molecule has 3 N–H and O–H groups in total. The summed E-state index contributed by atoms with van der Waals surface area (Å²) in [6, 6.07) is 8.15. The van der Waals surface area contributed by atoms with Crippen LogP contribution in [0.1, 0.15) is 25.7 Å². The van der Waals surface area contributed by atoms with Crippen molar-refractivity contribution in [3.05, 3.63) is 30.1 Å². The van der Waals surface area contributed by atoms with E-state index in [-0.39, 0.29) is 24.4 Å². The largest absolute Gasteiger partial charge is 0.367 e. The molecule has 3 aromatic rings. The van der Waals surface area contributed by atoms with Crippen LogP contribution in [0.5, 0.6) is 0 Å². The van der Waals surface area contributed by atoms with Crippen molar-refractivity contribution in [2.45, 2.75) is 33.0 Å². The summed E-state index contributed by atoms with van der Waals surface area (Å²) in [4.78, 5) is 16.6. The maximum atomic E-state index is 12.0. The van der Waals surface area contributed by atoms with Gasteiger partial charge in [-0.25, -0.2) is 9.67 Å². The van der Waals surface area contributed by atoms with Crippen LogP contribution in [-0.2, 0) is 17.9 Å². The fourth-order valence-electron chi connectivity index (χ4n) is 2.49. The number of fused-ring (bicyclic) bond motifs is 1. The lowest BCUT2D eigenvalue weighted by Crippen LogP contribution is -2.29. The lowest BCUT2D eigenvalue weighted by Gasteiger charge is -2.13. The number of tetrazole rings is 1. The molecule has 3 rings (SSSR count). The van der Waals surface area contributed by atoms with Gasteiger partial charge in [-0.15, -0.1) is 0 Å². The van der Waals surface area contributed by atoms with E-state index in [2.05, 4.69) is 44.2 Å². The van der Waals surface area contributed by atoms with Crippen molar-refractivity contribution in [1.29, 1.82) is 0 Å². The summed E-state index contributed by atoms with van der Waals surface area (Å²) < 4.78 is 3.35. The minimum Gasteiger partial charge on any atom is -0.367 e. The Labute approximate surface area is 132 Å². The summed E-state index contributed by atoms with van der Waals surface area (Å²) in [5.74, 6) is 0.681. The van der Waals surface area contributed by atoms with E-state index in [4.69, 9.17) is 5.73 Å². The second-order valence-electron chi connectivity index (χ2n) is 5.45. The van der Waals surface area contributed by atoms with Crippen molar-refractivity contribution in [2.75, 3.05) is 5.73 Å². The number of nitrogens with two attached hydrogens (primary N) is 1. The molecule has 1 aromatic carbocycles. The summed E-state index contributed by atoms with van der Waals surface area (Å²) in [6.45, 7) is 4.47. The highest BCUT2D eigenvalue weighted by atomic mass is 16.2. The zero-order valence-corrected chi connectivity index (χ0v) is 13.0. The van der Waals surface area contributed by atoms with Gasteiger partial charge in [-0.2, -0.15) is 0 Å². The van der Waals surface area contributed by atoms with Gasteiger partial charge in [0.2, 0.25) is 11.9 Å². The van der Waals surface area contributed by atoms with Crippen molar-refractivity contribution in [3.63, 3.8) is 0 Å². The van der Waals surface area contributed by atoms with Gasteiger partial charge < -0.3 is 15.6 Å². The molecule has 120 valence electrons. The van der Waals surface area contributed by atoms with E-state index in [1.165, 1.54) is 4.68 Å². The van der Waals surface area contributed by atoms with Gasteiger partial charge in [0.25, 0.3) is 0 Å². The quantitative estimate of drug-likeness (QED) is 0.708. The summed E-state index contributed by atoms with van der Waals surface area (Å²) in [7, 11) is 0. The molecule has 0 radical (unpaired) electrons. The number of nitrogens with zero attached hydrogens (tertiary/aromatic N) is 6. The second kappa shape index (κ2) is 6.03. The van der Waals surface area contributed by atoms with Crippen LogP contribution in [0.4, 0.5) is 5.95 Å². The molecule has 0 saturated heterocycles. The number of imidazole rings is 1. The monoisotopic (exact) mass is 314 g/mol. The molecule has 9 nitrogen and oxygen atoms in total. The molecule has 0 atom stereocenters. The maximum Gasteiger partial charge on any atom is 0.242 e. The predicted molar refractivity (Wildman–Crippen MR) is 84.2 cm³/mol. The third-order valence-corrected chi connectivity index (χ3v) is 3.48. The summed E-state index contributed by atoms with van der Waals surface area (Å²) in [5, 5.41) is 13.4. The fraction of sp³-hybridized carbons (Fsp3) is 0.357. The molecule has 1 amide bonds. The van der Waals surface area contributed by atoms with Crippen LogP contribution in [0.3, 0.4) is 0 Å². The lowest BCUT2D eigenvalue weighted by molar-refractivity contribution is -0.122. The minimum absolute atomic E-state index is 0.0270. The van der Waals surface area contributed by atoms with Gasteiger partial charge in [-0.1, -0.05) is 17.2 Å². The average molecular weight is 314 g/mol. The first-order chi connectivity index (χ1) is 11.1. The number of benzene rings is 1. The summed E-state index contributed by atoms with van der Waals surface area (Å²) >= 11 is 0. The molecule has 0 saturated carbocycles. The van der Waals surface area contributed by atoms with Crippen LogP contribution in [0.2, 0.25) is 0 Å². The van der Waals surface area contributed by atoms with Gasteiger partial charge in [-0.05, 0) is 36.4 Å². The van der Waals surface area contributed by atoms with Gasteiger partial charge in [0, 0.05) is 6.04 Å². The smallest absolute Gasteiger partial charge is 0.242 e. The van der Waals surface area contributed by atoms with Gasteiger partial charge >= 0.3 is 0 Å². The van der Waals surface area contributed by atoms with E-state index in [0.29, 0.717) is 6.54 Å². The molecule has 0 aliphatic heterocycles. The van der Waals surface area contributed by atoms with Crippen LogP contribution < -0.4 is 11.1 Å². The first-order valence-electron chi connectivity index (χ1n) is 7.30. The molecule has 0 bridgehead atoms. The Balaban J connectivity index is 1.75.